The van der Waals surface area contributed by atoms with Crippen LogP contribution in [0.2, 0.25) is 0 Å². The summed E-state index contributed by atoms with van der Waals surface area (Å²) in [5.41, 5.74) is 0. The van der Waals surface area contributed by atoms with Crippen molar-refractivity contribution in [2.75, 3.05) is 13.1 Å². The Kier molecular flexibility index (Phi) is 3.24. The molecule has 1 N–H and O–H groups in total. The Morgan fingerprint density at radius 1 is 1.69 bits per heavy atom. The zero-order valence-corrected chi connectivity index (χ0v) is 9.41. The maximum absolute atomic E-state index is 10.7. The summed E-state index contributed by atoms with van der Waals surface area (Å²) in [6.45, 7) is 3.11. The summed E-state index contributed by atoms with van der Waals surface area (Å²) in [5, 5.41) is 13.1. The van der Waals surface area contributed by atoms with E-state index >= 15 is 0 Å². The fraction of sp³-hybridized carbons (Fsp3) is 0.636. The van der Waals surface area contributed by atoms with Crippen LogP contribution < -0.4 is 0 Å². The Morgan fingerprint density at radius 3 is 3.12 bits per heavy atom. The molecule has 0 bridgehead atoms. The molecule has 2 rings (SSSR count). The number of nitrogens with zero attached hydrogens (tertiary/aromatic N) is 3. The highest BCUT2D eigenvalue weighted by molar-refractivity contribution is 5.69. The lowest BCUT2D eigenvalue weighted by molar-refractivity contribution is -0.138. The SMILES string of the molecule is C[C@@H]([C@@H]1CCCN1CC(=O)O)n1cccn1. The molecule has 0 radical (unpaired) electrons. The van der Waals surface area contributed by atoms with Gasteiger partial charge in [0.2, 0.25) is 0 Å². The Balaban J connectivity index is 2.05. The predicted molar refractivity (Wildman–Crippen MR) is 59.2 cm³/mol. The standard InChI is InChI=1S/C11H17N3O2/c1-9(14-7-3-5-12-14)10-4-2-6-13(10)8-11(15)16/h3,5,7,9-10H,2,4,6,8H2,1H3,(H,15,16)/t9-,10-/m0/s1. The van der Waals surface area contributed by atoms with Crippen LogP contribution in [0, 0.1) is 0 Å². The summed E-state index contributed by atoms with van der Waals surface area (Å²) in [4.78, 5) is 12.8. The van der Waals surface area contributed by atoms with Crippen molar-refractivity contribution < 1.29 is 9.90 Å². The second kappa shape index (κ2) is 4.65. The fourth-order valence-electron chi connectivity index (χ4n) is 2.47. The topological polar surface area (TPSA) is 58.4 Å². The molecule has 88 valence electrons. The molecule has 2 heterocycles. The van der Waals surface area contributed by atoms with E-state index in [2.05, 4.69) is 12.0 Å². The second-order valence-corrected chi connectivity index (χ2v) is 4.30. The van der Waals surface area contributed by atoms with E-state index in [0.717, 1.165) is 19.4 Å². The quantitative estimate of drug-likeness (QED) is 0.827. The number of carboxylic acid groups (broad SMARTS) is 1. The van der Waals surface area contributed by atoms with Gasteiger partial charge in [-0.25, -0.2) is 0 Å². The number of aliphatic carboxylic acids is 1. The Labute approximate surface area is 94.7 Å². The minimum atomic E-state index is -0.750. The van der Waals surface area contributed by atoms with Crippen molar-refractivity contribution in [1.82, 2.24) is 14.7 Å². The lowest BCUT2D eigenvalue weighted by atomic mass is 10.1. The van der Waals surface area contributed by atoms with Crippen LogP contribution in [0.25, 0.3) is 0 Å². The maximum atomic E-state index is 10.7. The van der Waals surface area contributed by atoms with Gasteiger partial charge in [0.1, 0.15) is 0 Å². The van der Waals surface area contributed by atoms with Crippen molar-refractivity contribution in [3.8, 4) is 0 Å². The molecule has 0 aliphatic carbocycles. The normalized spacial score (nSPS) is 23.4. The van der Waals surface area contributed by atoms with Crippen LogP contribution in [-0.2, 0) is 4.79 Å². The number of hydrogen-bond donors (Lipinski definition) is 1. The number of likely N-dealkylation sites (tertiary alicyclic amines) is 1. The van der Waals surface area contributed by atoms with E-state index in [9.17, 15) is 4.79 Å². The third kappa shape index (κ3) is 2.24. The maximum Gasteiger partial charge on any atom is 0.317 e. The van der Waals surface area contributed by atoms with E-state index in [1.54, 1.807) is 6.20 Å². The molecule has 5 heteroatoms. The number of aromatic nitrogens is 2. The van der Waals surface area contributed by atoms with Crippen molar-refractivity contribution in [1.29, 1.82) is 0 Å². The molecule has 1 aromatic heterocycles. The molecule has 0 spiro atoms. The molecule has 1 fully saturated rings. The first-order valence-corrected chi connectivity index (χ1v) is 5.63. The zero-order valence-electron chi connectivity index (χ0n) is 9.41. The third-order valence-electron chi connectivity index (χ3n) is 3.25. The Bertz CT molecular complexity index is 350. The van der Waals surface area contributed by atoms with Gasteiger partial charge in [0, 0.05) is 18.4 Å². The first-order valence-electron chi connectivity index (χ1n) is 5.63. The summed E-state index contributed by atoms with van der Waals surface area (Å²) in [6, 6.07) is 2.42. The average Bonchev–Trinajstić information content (AvgIpc) is 2.84. The molecule has 2 atom stereocenters. The number of carbonyl (C=O) groups is 1. The largest absolute Gasteiger partial charge is 0.480 e. The fourth-order valence-corrected chi connectivity index (χ4v) is 2.47. The van der Waals surface area contributed by atoms with E-state index in [-0.39, 0.29) is 18.6 Å². The highest BCUT2D eigenvalue weighted by Crippen LogP contribution is 2.26. The van der Waals surface area contributed by atoms with Crippen LogP contribution >= 0.6 is 0 Å². The van der Waals surface area contributed by atoms with Gasteiger partial charge in [-0.2, -0.15) is 5.10 Å². The summed E-state index contributed by atoms with van der Waals surface area (Å²) in [6.07, 6.45) is 5.81. The van der Waals surface area contributed by atoms with Crippen molar-refractivity contribution in [3.63, 3.8) is 0 Å². The van der Waals surface area contributed by atoms with Gasteiger partial charge in [-0.05, 0) is 32.4 Å². The van der Waals surface area contributed by atoms with Crippen LogP contribution in [0.4, 0.5) is 0 Å². The molecular weight excluding hydrogens is 206 g/mol. The minimum Gasteiger partial charge on any atom is -0.480 e. The van der Waals surface area contributed by atoms with Gasteiger partial charge in [-0.3, -0.25) is 14.4 Å². The van der Waals surface area contributed by atoms with Crippen LogP contribution in [0.1, 0.15) is 25.8 Å². The Morgan fingerprint density at radius 2 is 2.50 bits per heavy atom. The van der Waals surface area contributed by atoms with Crippen LogP contribution in [0.5, 0.6) is 0 Å². The molecule has 1 aliphatic rings. The summed E-state index contributed by atoms with van der Waals surface area (Å²) in [7, 11) is 0. The van der Waals surface area contributed by atoms with Crippen molar-refractivity contribution >= 4 is 5.97 Å². The van der Waals surface area contributed by atoms with Gasteiger partial charge in [0.25, 0.3) is 0 Å². The molecule has 0 unspecified atom stereocenters. The van der Waals surface area contributed by atoms with Crippen molar-refractivity contribution in [3.05, 3.63) is 18.5 Å². The lowest BCUT2D eigenvalue weighted by Gasteiger charge is -2.28. The van der Waals surface area contributed by atoms with Gasteiger partial charge in [-0.15, -0.1) is 0 Å². The minimum absolute atomic E-state index is 0.135. The Hall–Kier alpha value is -1.36. The first-order chi connectivity index (χ1) is 7.68. The van der Waals surface area contributed by atoms with E-state index < -0.39 is 5.97 Å². The van der Waals surface area contributed by atoms with Crippen LogP contribution in [0.3, 0.4) is 0 Å². The van der Waals surface area contributed by atoms with E-state index in [4.69, 9.17) is 5.11 Å². The smallest absolute Gasteiger partial charge is 0.317 e. The number of rotatable bonds is 4. The monoisotopic (exact) mass is 223 g/mol. The second-order valence-electron chi connectivity index (χ2n) is 4.30. The van der Waals surface area contributed by atoms with Crippen molar-refractivity contribution in [2.24, 2.45) is 0 Å². The van der Waals surface area contributed by atoms with E-state index in [1.165, 1.54) is 0 Å². The number of hydrogen-bond acceptors (Lipinski definition) is 3. The molecule has 0 aromatic carbocycles. The molecule has 1 aromatic rings. The first kappa shape index (κ1) is 11.1. The average molecular weight is 223 g/mol. The van der Waals surface area contributed by atoms with E-state index in [0.29, 0.717) is 0 Å². The summed E-state index contributed by atoms with van der Waals surface area (Å²) < 4.78 is 1.91. The predicted octanol–water partition coefficient (Wildman–Crippen LogP) is 0.993. The summed E-state index contributed by atoms with van der Waals surface area (Å²) >= 11 is 0. The summed E-state index contributed by atoms with van der Waals surface area (Å²) in [5.74, 6) is -0.750. The molecule has 1 aliphatic heterocycles. The van der Waals surface area contributed by atoms with Gasteiger partial charge in [0.15, 0.2) is 0 Å². The molecular formula is C11H17N3O2. The van der Waals surface area contributed by atoms with Gasteiger partial charge in [0.05, 0.1) is 12.6 Å². The number of carboxylic acids is 1. The zero-order chi connectivity index (χ0) is 11.5. The molecule has 5 nitrogen and oxygen atoms in total. The van der Waals surface area contributed by atoms with Crippen LogP contribution in [0.15, 0.2) is 18.5 Å². The van der Waals surface area contributed by atoms with Gasteiger partial charge in [-0.1, -0.05) is 0 Å². The van der Waals surface area contributed by atoms with E-state index in [1.807, 2.05) is 21.8 Å². The molecule has 0 saturated carbocycles. The lowest BCUT2D eigenvalue weighted by Crippen LogP contribution is -2.39. The molecule has 16 heavy (non-hydrogen) atoms. The van der Waals surface area contributed by atoms with Crippen molar-refractivity contribution in [2.45, 2.75) is 31.8 Å². The molecule has 1 saturated heterocycles. The third-order valence-corrected chi connectivity index (χ3v) is 3.25. The molecule has 0 amide bonds. The van der Waals surface area contributed by atoms with Gasteiger partial charge < -0.3 is 5.11 Å². The van der Waals surface area contributed by atoms with Gasteiger partial charge >= 0.3 is 5.97 Å². The highest BCUT2D eigenvalue weighted by atomic mass is 16.4. The van der Waals surface area contributed by atoms with Crippen LogP contribution in [-0.4, -0.2) is 44.9 Å². The highest BCUT2D eigenvalue weighted by Gasteiger charge is 2.31.